The van der Waals surface area contributed by atoms with Crippen molar-refractivity contribution in [1.82, 2.24) is 4.90 Å². The van der Waals surface area contributed by atoms with E-state index in [2.05, 4.69) is 0 Å². The van der Waals surface area contributed by atoms with Gasteiger partial charge in [0.15, 0.2) is 0 Å². The molecule has 6 heteroatoms. The molecule has 1 N–H and O–H groups in total. The highest BCUT2D eigenvalue weighted by Crippen LogP contribution is 2.34. The van der Waals surface area contributed by atoms with Crippen LogP contribution in [0, 0.1) is 0 Å². The van der Waals surface area contributed by atoms with E-state index in [0.717, 1.165) is 0 Å². The van der Waals surface area contributed by atoms with E-state index in [1.54, 1.807) is 14.1 Å². The molecule has 5 nitrogen and oxygen atoms in total. The summed E-state index contributed by atoms with van der Waals surface area (Å²) in [6.07, 6.45) is -0.271. The topological polar surface area (TPSA) is 66.8 Å². The van der Waals surface area contributed by atoms with Gasteiger partial charge in [-0.3, -0.25) is 9.36 Å². The molecule has 0 radical (unpaired) electrons. The fourth-order valence-corrected chi connectivity index (χ4v) is 0.861. The van der Waals surface area contributed by atoms with Crippen LogP contribution in [0.2, 0.25) is 0 Å². The third-order valence-electron chi connectivity index (χ3n) is 1.06. The number of amides is 1. The number of ether oxygens (including phenoxy) is 1. The molecule has 0 aliphatic rings. The fourth-order valence-electron chi connectivity index (χ4n) is 0.431. The molecule has 0 spiro atoms. The molecule has 0 bridgehead atoms. The minimum atomic E-state index is -3.15. The largest absolute Gasteiger partial charge is 0.362 e. The standard InChI is InChI=1S/C6H14NO4P/c1-7(2)6(8)4-11-5-12(3,9)10/h4-5H2,1-3H3,(H,9,10). The average molecular weight is 195 g/mol. The molecule has 72 valence electrons. The molecule has 0 fully saturated rings. The van der Waals surface area contributed by atoms with Crippen LogP contribution in [0.5, 0.6) is 0 Å². The Morgan fingerprint density at radius 2 is 2.08 bits per heavy atom. The molecule has 0 saturated heterocycles. The van der Waals surface area contributed by atoms with Crippen molar-refractivity contribution in [1.29, 1.82) is 0 Å². The molecule has 0 heterocycles. The summed E-state index contributed by atoms with van der Waals surface area (Å²) in [5.74, 6) is -0.219. The molecule has 0 saturated carbocycles. The second-order valence-electron chi connectivity index (χ2n) is 2.82. The minimum Gasteiger partial charge on any atom is -0.362 e. The van der Waals surface area contributed by atoms with Crippen molar-refractivity contribution < 1.29 is 19.0 Å². The average Bonchev–Trinajstić information content (AvgIpc) is 1.84. The third-order valence-corrected chi connectivity index (χ3v) is 1.72. The molecule has 0 aliphatic carbocycles. The summed E-state index contributed by atoms with van der Waals surface area (Å²) in [6, 6.07) is 0. The van der Waals surface area contributed by atoms with E-state index < -0.39 is 7.37 Å². The van der Waals surface area contributed by atoms with Crippen LogP contribution >= 0.6 is 7.37 Å². The molecular weight excluding hydrogens is 181 g/mol. The maximum atomic E-state index is 10.9. The highest BCUT2D eigenvalue weighted by atomic mass is 31.2. The molecule has 1 atom stereocenters. The van der Waals surface area contributed by atoms with E-state index >= 15 is 0 Å². The highest BCUT2D eigenvalue weighted by Gasteiger charge is 2.11. The normalized spacial score (nSPS) is 15.3. The van der Waals surface area contributed by atoms with E-state index in [1.165, 1.54) is 11.6 Å². The molecular formula is C6H14NO4P. The molecule has 0 aromatic carbocycles. The van der Waals surface area contributed by atoms with Crippen LogP contribution in [0.25, 0.3) is 0 Å². The van der Waals surface area contributed by atoms with E-state index in [4.69, 9.17) is 9.63 Å². The summed E-state index contributed by atoms with van der Waals surface area (Å²) in [5.41, 5.74) is 0. The Kier molecular flexibility index (Phi) is 4.45. The molecule has 0 aliphatic heterocycles. The summed E-state index contributed by atoms with van der Waals surface area (Å²) < 4.78 is 15.4. The molecule has 0 rings (SSSR count). The minimum absolute atomic E-state index is 0.147. The Labute approximate surface area is 71.8 Å². The summed E-state index contributed by atoms with van der Waals surface area (Å²) >= 11 is 0. The summed E-state index contributed by atoms with van der Waals surface area (Å²) in [4.78, 5) is 21.0. The predicted molar refractivity (Wildman–Crippen MR) is 45.3 cm³/mol. The number of rotatable bonds is 4. The van der Waals surface area contributed by atoms with Crippen LogP contribution in [0.3, 0.4) is 0 Å². The third kappa shape index (κ3) is 6.34. The van der Waals surface area contributed by atoms with E-state index in [0.29, 0.717) is 0 Å². The zero-order valence-corrected chi connectivity index (χ0v) is 8.38. The second-order valence-corrected chi connectivity index (χ2v) is 5.18. The number of likely N-dealkylation sites (N-methyl/N-ethyl adjacent to an activating group) is 1. The first-order valence-corrected chi connectivity index (χ1v) is 5.69. The molecule has 12 heavy (non-hydrogen) atoms. The van der Waals surface area contributed by atoms with Crippen molar-refractivity contribution in [2.24, 2.45) is 0 Å². The van der Waals surface area contributed by atoms with Gasteiger partial charge in [-0.2, -0.15) is 0 Å². The van der Waals surface area contributed by atoms with Crippen molar-refractivity contribution in [2.45, 2.75) is 0 Å². The van der Waals surface area contributed by atoms with Crippen LogP contribution in [0.1, 0.15) is 0 Å². The van der Waals surface area contributed by atoms with Crippen molar-refractivity contribution in [3.05, 3.63) is 0 Å². The Hall–Kier alpha value is -0.380. The monoisotopic (exact) mass is 195 g/mol. The molecule has 0 aromatic heterocycles. The van der Waals surface area contributed by atoms with Crippen LogP contribution in [0.15, 0.2) is 0 Å². The lowest BCUT2D eigenvalue weighted by Crippen LogP contribution is -2.26. The van der Waals surface area contributed by atoms with Crippen molar-refractivity contribution in [3.8, 4) is 0 Å². The Balaban J connectivity index is 3.58. The second kappa shape index (κ2) is 4.60. The molecule has 0 aromatic rings. The fraction of sp³-hybridized carbons (Fsp3) is 0.833. The van der Waals surface area contributed by atoms with E-state index in [-0.39, 0.29) is 18.9 Å². The Morgan fingerprint density at radius 1 is 1.58 bits per heavy atom. The van der Waals surface area contributed by atoms with Gasteiger partial charge in [0.05, 0.1) is 0 Å². The zero-order chi connectivity index (χ0) is 9.78. The maximum absolute atomic E-state index is 10.9. The van der Waals surface area contributed by atoms with Gasteiger partial charge in [-0.25, -0.2) is 0 Å². The number of nitrogens with zero attached hydrogens (tertiary/aromatic N) is 1. The maximum Gasteiger partial charge on any atom is 0.248 e. The number of hydrogen-bond acceptors (Lipinski definition) is 3. The van der Waals surface area contributed by atoms with Gasteiger partial charge in [0.25, 0.3) is 0 Å². The van der Waals surface area contributed by atoms with Gasteiger partial charge in [0, 0.05) is 20.8 Å². The van der Waals surface area contributed by atoms with Gasteiger partial charge in [-0.05, 0) is 0 Å². The first-order valence-electron chi connectivity index (χ1n) is 3.40. The van der Waals surface area contributed by atoms with Gasteiger partial charge < -0.3 is 14.5 Å². The Bertz CT molecular complexity index is 198. The quantitative estimate of drug-likeness (QED) is 0.638. The summed E-state index contributed by atoms with van der Waals surface area (Å²) in [6.45, 7) is 1.04. The zero-order valence-electron chi connectivity index (χ0n) is 7.48. The lowest BCUT2D eigenvalue weighted by Gasteiger charge is -2.11. The lowest BCUT2D eigenvalue weighted by molar-refractivity contribution is -0.132. The first-order chi connectivity index (χ1) is 5.33. The summed E-state index contributed by atoms with van der Waals surface area (Å²) in [7, 11) is 0.0417. The highest BCUT2D eigenvalue weighted by molar-refractivity contribution is 7.56. The Morgan fingerprint density at radius 3 is 2.42 bits per heavy atom. The number of hydrogen-bond donors (Lipinski definition) is 1. The number of carbonyl (C=O) groups is 1. The molecule has 1 unspecified atom stereocenters. The SMILES string of the molecule is CN(C)C(=O)COCP(C)(=O)O. The predicted octanol–water partition coefficient (Wildman–Crippen LogP) is -0.0511. The van der Waals surface area contributed by atoms with Crippen molar-refractivity contribution in [2.75, 3.05) is 33.7 Å². The van der Waals surface area contributed by atoms with Crippen LogP contribution in [-0.2, 0) is 14.1 Å². The van der Waals surface area contributed by atoms with Crippen molar-refractivity contribution in [3.63, 3.8) is 0 Å². The first kappa shape index (κ1) is 11.6. The number of carbonyl (C=O) groups excluding carboxylic acids is 1. The van der Waals surface area contributed by atoms with Crippen molar-refractivity contribution >= 4 is 13.3 Å². The molecule has 1 amide bonds. The van der Waals surface area contributed by atoms with E-state index in [9.17, 15) is 9.36 Å². The van der Waals surface area contributed by atoms with E-state index in [1.807, 2.05) is 0 Å². The van der Waals surface area contributed by atoms with Gasteiger partial charge in [-0.1, -0.05) is 0 Å². The smallest absolute Gasteiger partial charge is 0.248 e. The summed E-state index contributed by atoms with van der Waals surface area (Å²) in [5, 5.41) is 0. The lowest BCUT2D eigenvalue weighted by atomic mass is 10.6. The van der Waals surface area contributed by atoms with Crippen LogP contribution in [-0.4, -0.2) is 49.4 Å². The van der Waals surface area contributed by atoms with Crippen LogP contribution in [0.4, 0.5) is 0 Å². The van der Waals surface area contributed by atoms with Gasteiger partial charge >= 0.3 is 0 Å². The van der Waals surface area contributed by atoms with Gasteiger partial charge in [0.1, 0.15) is 13.0 Å². The van der Waals surface area contributed by atoms with Gasteiger partial charge in [0.2, 0.25) is 13.3 Å². The van der Waals surface area contributed by atoms with Crippen LogP contribution < -0.4 is 0 Å². The van der Waals surface area contributed by atoms with Gasteiger partial charge in [-0.15, -0.1) is 0 Å².